The third-order valence-electron chi connectivity index (χ3n) is 1.87. The van der Waals surface area contributed by atoms with Crippen molar-refractivity contribution in [2.45, 2.75) is 0 Å². The molecule has 6 nitrogen and oxygen atoms in total. The lowest BCUT2D eigenvalue weighted by atomic mass is 9.79. The van der Waals surface area contributed by atoms with E-state index in [0.29, 0.717) is 0 Å². The van der Waals surface area contributed by atoms with Crippen molar-refractivity contribution in [3.63, 3.8) is 0 Å². The van der Waals surface area contributed by atoms with Gasteiger partial charge in [0.2, 0.25) is 5.82 Å². The standard InChI is InChI=1S/C7H6BFN4O2/c9-6-2-1-4(8(14)15)3-5(6)7-10-12-13-11-7/h1-3,14-15H,(H,10,11,12,13). The molecular weight excluding hydrogens is 202 g/mol. The number of nitrogens with one attached hydrogen (secondary N) is 1. The van der Waals surface area contributed by atoms with Gasteiger partial charge in [-0.2, -0.15) is 5.21 Å². The molecule has 0 aliphatic carbocycles. The van der Waals surface area contributed by atoms with Gasteiger partial charge < -0.3 is 10.0 Å². The summed E-state index contributed by atoms with van der Waals surface area (Å²) in [6.45, 7) is 0. The highest BCUT2D eigenvalue weighted by molar-refractivity contribution is 6.58. The van der Waals surface area contributed by atoms with Crippen LogP contribution in [0.5, 0.6) is 0 Å². The van der Waals surface area contributed by atoms with E-state index in [1.165, 1.54) is 12.1 Å². The predicted octanol–water partition coefficient (Wildman–Crippen LogP) is -1.31. The van der Waals surface area contributed by atoms with Gasteiger partial charge in [0.1, 0.15) is 5.82 Å². The summed E-state index contributed by atoms with van der Waals surface area (Å²) < 4.78 is 13.3. The second-order valence-corrected chi connectivity index (χ2v) is 2.85. The SMILES string of the molecule is OB(O)c1ccc(F)c(-c2nn[nH]n2)c1. The Labute approximate surface area is 83.9 Å². The van der Waals surface area contributed by atoms with Gasteiger partial charge in [-0.15, -0.1) is 10.2 Å². The third-order valence-corrected chi connectivity index (χ3v) is 1.87. The highest BCUT2D eigenvalue weighted by Gasteiger charge is 2.16. The van der Waals surface area contributed by atoms with Gasteiger partial charge in [0.15, 0.2) is 0 Å². The number of rotatable bonds is 2. The van der Waals surface area contributed by atoms with Crippen LogP contribution < -0.4 is 5.46 Å². The van der Waals surface area contributed by atoms with Crippen LogP contribution >= 0.6 is 0 Å². The Bertz CT molecular complexity index is 462. The second kappa shape index (κ2) is 3.75. The molecule has 0 amide bonds. The number of halogens is 1. The number of benzene rings is 1. The molecule has 0 spiro atoms. The smallest absolute Gasteiger partial charge is 0.423 e. The minimum Gasteiger partial charge on any atom is -0.423 e. The molecule has 0 aliphatic rings. The lowest BCUT2D eigenvalue weighted by Crippen LogP contribution is -2.29. The van der Waals surface area contributed by atoms with E-state index in [-0.39, 0.29) is 16.9 Å². The number of H-pyrrole nitrogens is 1. The predicted molar refractivity (Wildman–Crippen MR) is 49.4 cm³/mol. The number of nitrogens with zero attached hydrogens (tertiary/aromatic N) is 3. The first kappa shape index (κ1) is 9.75. The fraction of sp³-hybridized carbons (Fsp3) is 0. The largest absolute Gasteiger partial charge is 0.488 e. The van der Waals surface area contributed by atoms with E-state index in [0.717, 1.165) is 6.07 Å². The second-order valence-electron chi connectivity index (χ2n) is 2.85. The van der Waals surface area contributed by atoms with Crippen LogP contribution in [0.4, 0.5) is 4.39 Å². The van der Waals surface area contributed by atoms with Crippen LogP contribution in [0.15, 0.2) is 18.2 Å². The summed E-state index contributed by atoms with van der Waals surface area (Å²) in [6.07, 6.45) is 0. The molecule has 15 heavy (non-hydrogen) atoms. The van der Waals surface area contributed by atoms with Crippen molar-refractivity contribution in [2.75, 3.05) is 0 Å². The van der Waals surface area contributed by atoms with E-state index in [9.17, 15) is 4.39 Å². The molecular formula is C7H6BFN4O2. The molecule has 0 radical (unpaired) electrons. The minimum absolute atomic E-state index is 0.0642. The van der Waals surface area contributed by atoms with Crippen molar-refractivity contribution in [1.29, 1.82) is 0 Å². The first-order valence-corrected chi connectivity index (χ1v) is 4.08. The monoisotopic (exact) mass is 208 g/mol. The van der Waals surface area contributed by atoms with Crippen molar-refractivity contribution in [2.24, 2.45) is 0 Å². The first-order chi connectivity index (χ1) is 7.18. The van der Waals surface area contributed by atoms with Crippen LogP contribution in [-0.4, -0.2) is 37.8 Å². The molecule has 0 bridgehead atoms. The maximum absolute atomic E-state index is 13.3. The van der Waals surface area contributed by atoms with E-state index < -0.39 is 12.9 Å². The number of hydrogen-bond acceptors (Lipinski definition) is 5. The summed E-state index contributed by atoms with van der Waals surface area (Å²) >= 11 is 0. The molecule has 0 fully saturated rings. The molecule has 0 saturated heterocycles. The Morgan fingerprint density at radius 2 is 2.13 bits per heavy atom. The van der Waals surface area contributed by atoms with Crippen molar-refractivity contribution >= 4 is 12.6 Å². The van der Waals surface area contributed by atoms with Gasteiger partial charge in [-0.1, -0.05) is 6.07 Å². The quantitative estimate of drug-likeness (QED) is 0.532. The molecule has 0 unspecified atom stereocenters. The van der Waals surface area contributed by atoms with Gasteiger partial charge in [-0.3, -0.25) is 0 Å². The summed E-state index contributed by atoms with van der Waals surface area (Å²) in [6, 6.07) is 3.63. The van der Waals surface area contributed by atoms with Crippen molar-refractivity contribution in [3.05, 3.63) is 24.0 Å². The van der Waals surface area contributed by atoms with E-state index >= 15 is 0 Å². The van der Waals surface area contributed by atoms with Gasteiger partial charge in [0.25, 0.3) is 0 Å². The van der Waals surface area contributed by atoms with E-state index in [1.54, 1.807) is 0 Å². The lowest BCUT2D eigenvalue weighted by molar-refractivity contribution is 0.425. The fourth-order valence-corrected chi connectivity index (χ4v) is 1.15. The van der Waals surface area contributed by atoms with Crippen LogP contribution in [0.25, 0.3) is 11.4 Å². The molecule has 2 aromatic rings. The number of tetrazole rings is 1. The molecule has 2 rings (SSSR count). The Balaban J connectivity index is 2.51. The molecule has 3 N–H and O–H groups in total. The van der Waals surface area contributed by atoms with Crippen LogP contribution in [0.3, 0.4) is 0 Å². The average Bonchev–Trinajstić information content (AvgIpc) is 2.71. The van der Waals surface area contributed by atoms with E-state index in [4.69, 9.17) is 10.0 Å². The van der Waals surface area contributed by atoms with E-state index in [2.05, 4.69) is 20.6 Å². The zero-order chi connectivity index (χ0) is 10.8. The highest BCUT2D eigenvalue weighted by atomic mass is 19.1. The van der Waals surface area contributed by atoms with Crippen molar-refractivity contribution in [3.8, 4) is 11.4 Å². The van der Waals surface area contributed by atoms with Crippen molar-refractivity contribution in [1.82, 2.24) is 20.6 Å². The summed E-state index contributed by atoms with van der Waals surface area (Å²) in [5.74, 6) is -0.490. The van der Waals surface area contributed by atoms with Gasteiger partial charge in [0, 0.05) is 0 Å². The summed E-state index contributed by atoms with van der Waals surface area (Å²) in [4.78, 5) is 0. The van der Waals surface area contributed by atoms with Crippen LogP contribution in [0.1, 0.15) is 0 Å². The van der Waals surface area contributed by atoms with E-state index in [1.807, 2.05) is 0 Å². The number of aromatic amines is 1. The Kier molecular flexibility index (Phi) is 2.44. The van der Waals surface area contributed by atoms with Crippen molar-refractivity contribution < 1.29 is 14.4 Å². The van der Waals surface area contributed by atoms with Crippen LogP contribution in [0, 0.1) is 5.82 Å². The third kappa shape index (κ3) is 1.85. The normalized spacial score (nSPS) is 10.3. The summed E-state index contributed by atoms with van der Waals surface area (Å²) in [5, 5.41) is 30.5. The first-order valence-electron chi connectivity index (χ1n) is 4.08. The lowest BCUT2D eigenvalue weighted by Gasteiger charge is -2.02. The van der Waals surface area contributed by atoms with Gasteiger partial charge >= 0.3 is 7.12 Å². The van der Waals surface area contributed by atoms with Crippen LogP contribution in [-0.2, 0) is 0 Å². The molecule has 0 atom stereocenters. The maximum Gasteiger partial charge on any atom is 0.488 e. The van der Waals surface area contributed by atoms with Gasteiger partial charge in [-0.25, -0.2) is 4.39 Å². The van der Waals surface area contributed by atoms with Crippen LogP contribution in [0.2, 0.25) is 0 Å². The Morgan fingerprint density at radius 1 is 1.33 bits per heavy atom. The zero-order valence-electron chi connectivity index (χ0n) is 7.42. The van der Waals surface area contributed by atoms with Gasteiger partial charge in [0.05, 0.1) is 5.56 Å². The molecule has 76 valence electrons. The molecule has 0 aliphatic heterocycles. The molecule has 0 saturated carbocycles. The molecule has 8 heteroatoms. The fourth-order valence-electron chi connectivity index (χ4n) is 1.15. The topological polar surface area (TPSA) is 94.9 Å². The Hall–Kier alpha value is -1.80. The Morgan fingerprint density at radius 3 is 2.73 bits per heavy atom. The number of hydrogen-bond donors (Lipinski definition) is 3. The highest BCUT2D eigenvalue weighted by Crippen LogP contribution is 2.15. The summed E-state index contributed by atoms with van der Waals surface area (Å²) in [7, 11) is -1.66. The minimum atomic E-state index is -1.66. The molecule has 1 heterocycles. The zero-order valence-corrected chi connectivity index (χ0v) is 7.42. The summed E-state index contributed by atoms with van der Waals surface area (Å²) in [5.41, 5.74) is 0.227. The maximum atomic E-state index is 13.3. The number of aromatic nitrogens is 4. The average molecular weight is 208 g/mol. The molecule has 1 aromatic carbocycles. The van der Waals surface area contributed by atoms with Gasteiger partial charge in [-0.05, 0) is 22.8 Å². The molecule has 1 aromatic heterocycles.